The molecular weight excluding hydrogens is 157 g/mol. The third-order valence-electron chi connectivity index (χ3n) is 1.46. The van der Waals surface area contributed by atoms with Gasteiger partial charge in [0.25, 0.3) is 0 Å². The number of nitrogens with zero attached hydrogens (tertiary/aromatic N) is 1. The average molecular weight is 167 g/mol. The molecule has 1 aromatic rings. The normalized spacial score (nSPS) is 11.6. The number of hydrogen-bond donors (Lipinski definition) is 2. The Bertz CT molecular complexity index is 279. The van der Waals surface area contributed by atoms with Crippen molar-refractivity contribution in [3.8, 4) is 0 Å². The van der Waals surface area contributed by atoms with Crippen LogP contribution in [-0.2, 0) is 6.42 Å². The molecule has 0 bridgehead atoms. The lowest BCUT2D eigenvalue weighted by Gasteiger charge is -1.98. The highest BCUT2D eigenvalue weighted by Crippen LogP contribution is 2.02. The van der Waals surface area contributed by atoms with E-state index in [1.165, 1.54) is 12.1 Å². The molecule has 1 rings (SSSR count). The van der Waals surface area contributed by atoms with Crippen molar-refractivity contribution in [2.75, 3.05) is 0 Å². The summed E-state index contributed by atoms with van der Waals surface area (Å²) in [7, 11) is 0. The summed E-state index contributed by atoms with van der Waals surface area (Å²) in [6.07, 6.45) is 0.455. The van der Waals surface area contributed by atoms with Crippen molar-refractivity contribution in [2.45, 2.75) is 6.42 Å². The van der Waals surface area contributed by atoms with E-state index in [2.05, 4.69) is 5.10 Å². The summed E-state index contributed by atoms with van der Waals surface area (Å²) in [6.45, 7) is 0. The zero-order valence-electron chi connectivity index (χ0n) is 6.50. The van der Waals surface area contributed by atoms with E-state index in [0.29, 0.717) is 12.3 Å². The van der Waals surface area contributed by atoms with Crippen LogP contribution in [0.2, 0.25) is 0 Å². The van der Waals surface area contributed by atoms with Crippen LogP contribution in [0.1, 0.15) is 5.56 Å². The first-order valence-corrected chi connectivity index (χ1v) is 3.49. The van der Waals surface area contributed by atoms with Gasteiger partial charge in [0.2, 0.25) is 0 Å². The van der Waals surface area contributed by atoms with E-state index in [0.717, 1.165) is 5.56 Å². The Morgan fingerprint density at radius 3 is 2.42 bits per heavy atom. The fourth-order valence-corrected chi connectivity index (χ4v) is 0.857. The molecule has 4 heteroatoms. The Morgan fingerprint density at radius 2 is 1.92 bits per heavy atom. The van der Waals surface area contributed by atoms with E-state index in [1.54, 1.807) is 12.1 Å². The molecule has 0 radical (unpaired) electrons. The molecule has 3 nitrogen and oxygen atoms in total. The fourth-order valence-electron chi connectivity index (χ4n) is 0.857. The maximum Gasteiger partial charge on any atom is 0.123 e. The molecule has 4 N–H and O–H groups in total. The van der Waals surface area contributed by atoms with Gasteiger partial charge in [-0.15, -0.1) is 0 Å². The highest BCUT2D eigenvalue weighted by molar-refractivity contribution is 5.82. The molecule has 0 saturated carbocycles. The number of hydrazone groups is 1. The standard InChI is InChI=1S/C8H10FN3/c9-7-3-1-6(2-4-7)5-8(10)12-11/h1-4H,5,11H2,(H2,10,12). The van der Waals surface area contributed by atoms with Crippen LogP contribution in [0.3, 0.4) is 0 Å². The second kappa shape index (κ2) is 3.71. The van der Waals surface area contributed by atoms with Crippen molar-refractivity contribution in [2.24, 2.45) is 16.7 Å². The molecule has 0 heterocycles. The van der Waals surface area contributed by atoms with Gasteiger partial charge in [-0.3, -0.25) is 0 Å². The van der Waals surface area contributed by atoms with Crippen LogP contribution in [0.15, 0.2) is 29.4 Å². The number of hydrogen-bond acceptors (Lipinski definition) is 2. The molecule has 0 aliphatic rings. The quantitative estimate of drug-likeness (QED) is 0.293. The van der Waals surface area contributed by atoms with Gasteiger partial charge in [0.1, 0.15) is 11.7 Å². The predicted octanol–water partition coefficient (Wildman–Crippen LogP) is 0.599. The third-order valence-corrected chi connectivity index (χ3v) is 1.46. The summed E-state index contributed by atoms with van der Waals surface area (Å²) in [5.41, 5.74) is 6.27. The van der Waals surface area contributed by atoms with Crippen LogP contribution in [0.4, 0.5) is 4.39 Å². The smallest absolute Gasteiger partial charge is 0.123 e. The second-order valence-corrected chi connectivity index (χ2v) is 2.42. The Hall–Kier alpha value is -1.58. The highest BCUT2D eigenvalue weighted by Gasteiger charge is 1.96. The summed E-state index contributed by atoms with van der Waals surface area (Å²) in [5, 5.41) is 3.31. The predicted molar refractivity (Wildman–Crippen MR) is 45.9 cm³/mol. The Kier molecular flexibility index (Phi) is 2.63. The van der Waals surface area contributed by atoms with Crippen LogP contribution in [-0.4, -0.2) is 5.84 Å². The van der Waals surface area contributed by atoms with E-state index in [9.17, 15) is 4.39 Å². The van der Waals surface area contributed by atoms with Crippen LogP contribution in [0.5, 0.6) is 0 Å². The lowest BCUT2D eigenvalue weighted by Crippen LogP contribution is -2.16. The van der Waals surface area contributed by atoms with Gasteiger partial charge in [-0.1, -0.05) is 12.1 Å². The molecule has 64 valence electrons. The van der Waals surface area contributed by atoms with Crippen LogP contribution >= 0.6 is 0 Å². The number of benzene rings is 1. The summed E-state index contributed by atoms with van der Waals surface area (Å²) in [5.74, 6) is 5.01. The highest BCUT2D eigenvalue weighted by atomic mass is 19.1. The van der Waals surface area contributed by atoms with E-state index in [1.807, 2.05) is 0 Å². The molecule has 0 aliphatic carbocycles. The minimum Gasteiger partial charge on any atom is -0.385 e. The third kappa shape index (κ3) is 2.23. The largest absolute Gasteiger partial charge is 0.385 e. The maximum absolute atomic E-state index is 12.4. The molecular formula is C8H10FN3. The average Bonchev–Trinajstić information content (AvgIpc) is 2.09. The molecule has 0 spiro atoms. The summed E-state index contributed by atoms with van der Waals surface area (Å²) in [4.78, 5) is 0. The summed E-state index contributed by atoms with van der Waals surface area (Å²) < 4.78 is 12.4. The molecule has 0 amide bonds. The number of nitrogens with two attached hydrogens (primary N) is 2. The molecule has 0 atom stereocenters. The number of halogens is 1. The van der Waals surface area contributed by atoms with Crippen LogP contribution in [0.25, 0.3) is 0 Å². The van der Waals surface area contributed by atoms with Crippen LogP contribution in [0, 0.1) is 5.82 Å². The molecule has 0 aromatic heterocycles. The zero-order chi connectivity index (χ0) is 8.97. The Labute approximate surface area is 69.9 Å². The van der Waals surface area contributed by atoms with E-state index in [-0.39, 0.29) is 5.82 Å². The van der Waals surface area contributed by atoms with Gasteiger partial charge >= 0.3 is 0 Å². The SMILES string of the molecule is NN=C(N)Cc1ccc(F)cc1. The van der Waals surface area contributed by atoms with Crippen molar-refractivity contribution in [3.63, 3.8) is 0 Å². The Morgan fingerprint density at radius 1 is 1.33 bits per heavy atom. The summed E-state index contributed by atoms with van der Waals surface area (Å²) >= 11 is 0. The van der Waals surface area contributed by atoms with E-state index < -0.39 is 0 Å². The van der Waals surface area contributed by atoms with Gasteiger partial charge in [-0.2, -0.15) is 5.10 Å². The lowest BCUT2D eigenvalue weighted by atomic mass is 10.1. The molecule has 1 aromatic carbocycles. The van der Waals surface area contributed by atoms with Gasteiger partial charge in [-0.05, 0) is 17.7 Å². The zero-order valence-corrected chi connectivity index (χ0v) is 6.50. The number of rotatable bonds is 2. The van der Waals surface area contributed by atoms with E-state index >= 15 is 0 Å². The first-order chi connectivity index (χ1) is 5.72. The van der Waals surface area contributed by atoms with Crippen molar-refractivity contribution >= 4 is 5.84 Å². The van der Waals surface area contributed by atoms with Crippen molar-refractivity contribution in [1.82, 2.24) is 0 Å². The number of amidine groups is 1. The molecule has 0 saturated heterocycles. The van der Waals surface area contributed by atoms with Crippen molar-refractivity contribution in [1.29, 1.82) is 0 Å². The monoisotopic (exact) mass is 167 g/mol. The second-order valence-electron chi connectivity index (χ2n) is 2.42. The fraction of sp³-hybridized carbons (Fsp3) is 0.125. The first kappa shape index (κ1) is 8.52. The van der Waals surface area contributed by atoms with Gasteiger partial charge in [0.05, 0.1) is 0 Å². The van der Waals surface area contributed by atoms with Gasteiger partial charge < -0.3 is 11.6 Å². The van der Waals surface area contributed by atoms with Crippen molar-refractivity contribution in [3.05, 3.63) is 35.6 Å². The molecule has 0 fully saturated rings. The maximum atomic E-state index is 12.4. The van der Waals surface area contributed by atoms with Crippen LogP contribution < -0.4 is 11.6 Å². The van der Waals surface area contributed by atoms with E-state index in [4.69, 9.17) is 11.6 Å². The minimum atomic E-state index is -0.262. The topological polar surface area (TPSA) is 64.4 Å². The molecule has 0 unspecified atom stereocenters. The minimum absolute atomic E-state index is 0.262. The first-order valence-electron chi connectivity index (χ1n) is 3.49. The summed E-state index contributed by atoms with van der Waals surface area (Å²) in [6, 6.07) is 6.04. The molecule has 12 heavy (non-hydrogen) atoms. The Balaban J connectivity index is 2.71. The van der Waals surface area contributed by atoms with Gasteiger partial charge in [0, 0.05) is 6.42 Å². The molecule has 0 aliphatic heterocycles. The van der Waals surface area contributed by atoms with Gasteiger partial charge in [-0.25, -0.2) is 4.39 Å². The lowest BCUT2D eigenvalue weighted by molar-refractivity contribution is 0.627. The van der Waals surface area contributed by atoms with Crippen molar-refractivity contribution < 1.29 is 4.39 Å². The van der Waals surface area contributed by atoms with Gasteiger partial charge in [0.15, 0.2) is 0 Å².